The summed E-state index contributed by atoms with van der Waals surface area (Å²) < 4.78 is 40.1. The van der Waals surface area contributed by atoms with Crippen molar-refractivity contribution in [2.45, 2.75) is 38.6 Å². The standard InChI is InChI=1S/C15H20F3N5O.ClH/c1-10-4-2-3-9-23(10)14(20)22-13(19)21-11-5-7-12(8-6-11)24-15(16,17)18;/h5-8,10H,2-4,9H2,1H3,(H4,19,20,21,22);1H. The van der Waals surface area contributed by atoms with Crippen LogP contribution in [0.15, 0.2) is 34.3 Å². The molecule has 1 fully saturated rings. The van der Waals surface area contributed by atoms with Crippen molar-refractivity contribution < 1.29 is 17.9 Å². The van der Waals surface area contributed by atoms with Gasteiger partial charge in [0.2, 0.25) is 5.96 Å². The first-order valence-corrected chi connectivity index (χ1v) is 7.55. The molecule has 0 spiro atoms. The Morgan fingerprint density at radius 2 is 1.84 bits per heavy atom. The number of rotatable bonds is 2. The second kappa shape index (κ2) is 8.80. The van der Waals surface area contributed by atoms with Crippen LogP contribution in [0.2, 0.25) is 0 Å². The lowest BCUT2D eigenvalue weighted by molar-refractivity contribution is -0.274. The van der Waals surface area contributed by atoms with Gasteiger partial charge in [0.05, 0.1) is 5.69 Å². The van der Waals surface area contributed by atoms with Gasteiger partial charge in [-0.1, -0.05) is 0 Å². The number of halogens is 4. The van der Waals surface area contributed by atoms with Crippen LogP contribution in [0.3, 0.4) is 0 Å². The molecule has 0 aliphatic carbocycles. The Balaban J connectivity index is 0.00000312. The molecule has 25 heavy (non-hydrogen) atoms. The first-order valence-electron chi connectivity index (χ1n) is 7.55. The van der Waals surface area contributed by atoms with E-state index in [1.165, 1.54) is 12.1 Å². The first kappa shape index (κ1) is 20.9. The molecule has 1 aliphatic heterocycles. The maximum atomic E-state index is 12.1. The molecule has 10 heteroatoms. The molecule has 2 rings (SSSR count). The predicted octanol–water partition coefficient (Wildman–Crippen LogP) is 3.14. The first-order chi connectivity index (χ1) is 11.2. The molecular formula is C15H21ClF3N5O. The Hall–Kier alpha value is -2.16. The monoisotopic (exact) mass is 379 g/mol. The molecule has 1 aliphatic rings. The molecule has 1 aromatic rings. The van der Waals surface area contributed by atoms with Crippen molar-refractivity contribution >= 4 is 30.0 Å². The zero-order valence-electron chi connectivity index (χ0n) is 13.7. The topological polar surface area (TPSA) is 89.2 Å². The van der Waals surface area contributed by atoms with Gasteiger partial charge in [-0.15, -0.1) is 25.6 Å². The molecule has 1 aromatic carbocycles. The van der Waals surface area contributed by atoms with E-state index in [2.05, 4.69) is 21.6 Å². The summed E-state index contributed by atoms with van der Waals surface area (Å²) in [7, 11) is 0. The van der Waals surface area contributed by atoms with Crippen molar-refractivity contribution in [2.75, 3.05) is 6.54 Å². The third kappa shape index (κ3) is 6.69. The minimum atomic E-state index is -4.73. The van der Waals surface area contributed by atoms with E-state index in [9.17, 15) is 13.2 Å². The van der Waals surface area contributed by atoms with Gasteiger partial charge in [-0.25, -0.2) is 4.99 Å². The van der Waals surface area contributed by atoms with Crippen LogP contribution in [-0.4, -0.2) is 35.8 Å². The second-order valence-electron chi connectivity index (χ2n) is 5.52. The smallest absolute Gasteiger partial charge is 0.406 e. The number of likely N-dealkylation sites (tertiary alicyclic amines) is 1. The lowest BCUT2D eigenvalue weighted by Gasteiger charge is -2.34. The highest BCUT2D eigenvalue weighted by Gasteiger charge is 2.30. The fourth-order valence-corrected chi connectivity index (χ4v) is 2.50. The molecular weight excluding hydrogens is 359 g/mol. The molecule has 1 saturated heterocycles. The SMILES string of the molecule is CC1CCCCN1C(N)=NC(N)=Nc1ccc(OC(F)(F)F)cc1.Cl. The average molecular weight is 380 g/mol. The van der Waals surface area contributed by atoms with Gasteiger partial charge < -0.3 is 21.1 Å². The molecule has 0 aromatic heterocycles. The summed E-state index contributed by atoms with van der Waals surface area (Å²) in [6.45, 7) is 2.88. The molecule has 1 atom stereocenters. The highest BCUT2D eigenvalue weighted by molar-refractivity contribution is 5.94. The number of ether oxygens (including phenoxy) is 1. The zero-order valence-corrected chi connectivity index (χ0v) is 14.5. The quantitative estimate of drug-likeness (QED) is 0.610. The number of piperidine rings is 1. The van der Waals surface area contributed by atoms with E-state index in [1.54, 1.807) is 0 Å². The molecule has 1 heterocycles. The Morgan fingerprint density at radius 3 is 2.40 bits per heavy atom. The summed E-state index contributed by atoms with van der Waals surface area (Å²) in [5.41, 5.74) is 12.1. The lowest BCUT2D eigenvalue weighted by Crippen LogP contribution is -2.46. The van der Waals surface area contributed by atoms with Crippen molar-refractivity contribution in [3.63, 3.8) is 0 Å². The summed E-state index contributed by atoms with van der Waals surface area (Å²) in [6, 6.07) is 5.29. The minimum Gasteiger partial charge on any atom is -0.406 e. The number of guanidine groups is 2. The molecule has 0 amide bonds. The Kier molecular flexibility index (Phi) is 7.35. The number of hydrogen-bond acceptors (Lipinski definition) is 2. The summed E-state index contributed by atoms with van der Waals surface area (Å²) in [5.74, 6) is -0.0968. The maximum Gasteiger partial charge on any atom is 0.573 e. The molecule has 0 bridgehead atoms. The molecule has 0 saturated carbocycles. The predicted molar refractivity (Wildman–Crippen MR) is 93.3 cm³/mol. The van der Waals surface area contributed by atoms with Gasteiger partial charge in [-0.3, -0.25) is 0 Å². The lowest BCUT2D eigenvalue weighted by atomic mass is 10.0. The Labute approximate surface area is 150 Å². The maximum absolute atomic E-state index is 12.1. The average Bonchev–Trinajstić information content (AvgIpc) is 2.48. The fraction of sp³-hybridized carbons (Fsp3) is 0.467. The van der Waals surface area contributed by atoms with Crippen LogP contribution in [0.1, 0.15) is 26.2 Å². The van der Waals surface area contributed by atoms with Crippen molar-refractivity contribution in [1.82, 2.24) is 4.90 Å². The number of alkyl halides is 3. The summed E-state index contributed by atoms with van der Waals surface area (Å²) in [5, 5.41) is 0. The van der Waals surface area contributed by atoms with E-state index in [0.717, 1.165) is 37.9 Å². The highest BCUT2D eigenvalue weighted by atomic mass is 35.5. The fourth-order valence-electron chi connectivity index (χ4n) is 2.50. The second-order valence-corrected chi connectivity index (χ2v) is 5.52. The van der Waals surface area contributed by atoms with Crippen LogP contribution in [0, 0.1) is 0 Å². The van der Waals surface area contributed by atoms with E-state index < -0.39 is 6.36 Å². The summed E-state index contributed by atoms with van der Waals surface area (Å²) in [4.78, 5) is 10.0. The number of nitrogens with two attached hydrogens (primary N) is 2. The van der Waals surface area contributed by atoms with E-state index in [1.807, 2.05) is 4.90 Å². The highest BCUT2D eigenvalue weighted by Crippen LogP contribution is 2.24. The van der Waals surface area contributed by atoms with Gasteiger partial charge in [0.25, 0.3) is 0 Å². The van der Waals surface area contributed by atoms with Crippen LogP contribution in [0.25, 0.3) is 0 Å². The van der Waals surface area contributed by atoms with Crippen molar-refractivity contribution in [1.29, 1.82) is 0 Å². The molecule has 140 valence electrons. The van der Waals surface area contributed by atoms with E-state index >= 15 is 0 Å². The van der Waals surface area contributed by atoms with Gasteiger partial charge in [0.15, 0.2) is 5.96 Å². The molecule has 1 unspecified atom stereocenters. The van der Waals surface area contributed by atoms with Gasteiger partial charge in [0, 0.05) is 12.6 Å². The van der Waals surface area contributed by atoms with Crippen molar-refractivity contribution in [2.24, 2.45) is 21.5 Å². The molecule has 6 nitrogen and oxygen atoms in total. The van der Waals surface area contributed by atoms with Crippen LogP contribution in [0.4, 0.5) is 18.9 Å². The third-order valence-corrected chi connectivity index (χ3v) is 3.64. The van der Waals surface area contributed by atoms with Crippen molar-refractivity contribution in [3.05, 3.63) is 24.3 Å². The Bertz CT molecular complexity index is 619. The van der Waals surface area contributed by atoms with E-state index in [4.69, 9.17) is 11.5 Å². The normalized spacial score (nSPS) is 19.4. The number of aliphatic imine (C=N–C) groups is 2. The Morgan fingerprint density at radius 1 is 1.20 bits per heavy atom. The van der Waals surface area contributed by atoms with Crippen LogP contribution < -0.4 is 16.2 Å². The summed E-state index contributed by atoms with van der Waals surface area (Å²) >= 11 is 0. The molecule has 4 N–H and O–H groups in total. The van der Waals surface area contributed by atoms with Gasteiger partial charge >= 0.3 is 6.36 Å². The molecule has 0 radical (unpaired) electrons. The number of benzene rings is 1. The van der Waals surface area contributed by atoms with Gasteiger partial charge in [-0.05, 0) is 50.5 Å². The van der Waals surface area contributed by atoms with Gasteiger partial charge in [0.1, 0.15) is 5.75 Å². The van der Waals surface area contributed by atoms with Crippen molar-refractivity contribution in [3.8, 4) is 5.75 Å². The van der Waals surface area contributed by atoms with Crippen LogP contribution in [-0.2, 0) is 0 Å². The minimum absolute atomic E-state index is 0. The van der Waals surface area contributed by atoms with Gasteiger partial charge in [-0.2, -0.15) is 4.99 Å². The summed E-state index contributed by atoms with van der Waals surface area (Å²) in [6.07, 6.45) is -1.50. The zero-order chi connectivity index (χ0) is 17.7. The van der Waals surface area contributed by atoms with Crippen LogP contribution >= 0.6 is 12.4 Å². The van der Waals surface area contributed by atoms with E-state index in [-0.39, 0.29) is 30.2 Å². The third-order valence-electron chi connectivity index (χ3n) is 3.64. The number of nitrogens with zero attached hydrogens (tertiary/aromatic N) is 3. The van der Waals surface area contributed by atoms with E-state index in [0.29, 0.717) is 11.6 Å². The number of hydrogen-bond donors (Lipinski definition) is 2. The van der Waals surface area contributed by atoms with Crippen LogP contribution in [0.5, 0.6) is 5.75 Å². The largest absolute Gasteiger partial charge is 0.573 e.